The van der Waals surface area contributed by atoms with Crippen molar-refractivity contribution in [3.8, 4) is 0 Å². The molecule has 1 aliphatic rings. The molecule has 0 bridgehead atoms. The second-order valence-corrected chi connectivity index (χ2v) is 6.12. The molecule has 1 saturated heterocycles. The van der Waals surface area contributed by atoms with E-state index < -0.39 is 52.5 Å². The van der Waals surface area contributed by atoms with Gasteiger partial charge < -0.3 is 14.9 Å². The van der Waals surface area contributed by atoms with Crippen LogP contribution in [0.3, 0.4) is 0 Å². The first kappa shape index (κ1) is 15.9. The number of H-pyrrole nitrogens is 1. The Morgan fingerprint density at radius 3 is 2.67 bits per heavy atom. The van der Waals surface area contributed by atoms with Crippen molar-refractivity contribution in [3.63, 3.8) is 0 Å². The molecule has 0 radical (unpaired) electrons. The first-order valence-electron chi connectivity index (χ1n) is 5.87. The summed E-state index contributed by atoms with van der Waals surface area (Å²) in [5, 5.41) is 19.0. The second-order valence-electron chi connectivity index (χ2n) is 4.52. The highest BCUT2D eigenvalue weighted by Gasteiger charge is 2.47. The molecular formula is C10H14N2O8S. The van der Waals surface area contributed by atoms with Crippen molar-refractivity contribution in [3.05, 3.63) is 33.1 Å². The molecule has 11 heteroatoms. The average Bonchev–Trinajstić information content (AvgIpc) is 2.65. The molecule has 21 heavy (non-hydrogen) atoms. The zero-order valence-corrected chi connectivity index (χ0v) is 11.7. The summed E-state index contributed by atoms with van der Waals surface area (Å²) in [4.78, 5) is 24.7. The first-order chi connectivity index (χ1) is 9.73. The van der Waals surface area contributed by atoms with E-state index in [0.29, 0.717) is 0 Å². The van der Waals surface area contributed by atoms with Crippen molar-refractivity contribution in [2.45, 2.75) is 24.5 Å². The van der Waals surface area contributed by atoms with Gasteiger partial charge in [0.25, 0.3) is 15.7 Å². The number of ether oxygens (including phenoxy) is 1. The molecule has 1 aromatic rings. The largest absolute Gasteiger partial charge is 0.394 e. The molecule has 3 N–H and O–H groups in total. The van der Waals surface area contributed by atoms with Gasteiger partial charge >= 0.3 is 5.69 Å². The summed E-state index contributed by atoms with van der Waals surface area (Å²) >= 11 is 0. The molecule has 118 valence electrons. The van der Waals surface area contributed by atoms with Crippen LogP contribution in [0.25, 0.3) is 0 Å². The Bertz CT molecular complexity index is 723. The molecule has 2 heterocycles. The average molecular weight is 322 g/mol. The van der Waals surface area contributed by atoms with Gasteiger partial charge in [-0.25, -0.2) is 4.79 Å². The number of aliphatic hydroxyl groups excluding tert-OH is 2. The smallest absolute Gasteiger partial charge is 0.330 e. The van der Waals surface area contributed by atoms with Crippen molar-refractivity contribution in [1.82, 2.24) is 9.55 Å². The molecule has 10 nitrogen and oxygen atoms in total. The lowest BCUT2D eigenvalue weighted by Gasteiger charge is -2.20. The summed E-state index contributed by atoms with van der Waals surface area (Å²) < 4.78 is 33.3. The van der Waals surface area contributed by atoms with E-state index in [9.17, 15) is 23.1 Å². The fraction of sp³-hybridized carbons (Fsp3) is 0.600. The van der Waals surface area contributed by atoms with Gasteiger partial charge in [-0.1, -0.05) is 0 Å². The maximum absolute atomic E-state index is 11.7. The zero-order chi connectivity index (χ0) is 15.8. The number of hydrogen-bond donors (Lipinski definition) is 3. The van der Waals surface area contributed by atoms with E-state index in [0.717, 1.165) is 23.1 Å². The van der Waals surface area contributed by atoms with Gasteiger partial charge in [0.05, 0.1) is 12.9 Å². The van der Waals surface area contributed by atoms with Gasteiger partial charge in [0.2, 0.25) is 0 Å². The SMILES string of the molecule is CS(=O)(=O)O[C@@H]1[C@H](O)[C@@H](CO)O[C@H]1n1ccc(=O)[nH]c1=O. The molecule has 1 fully saturated rings. The molecule has 0 aromatic carbocycles. The number of rotatable bonds is 4. The maximum atomic E-state index is 11.7. The van der Waals surface area contributed by atoms with Crippen LogP contribution < -0.4 is 11.2 Å². The Morgan fingerprint density at radius 1 is 1.48 bits per heavy atom. The normalized spacial score (nSPS) is 29.7. The Labute approximate surface area is 118 Å². The molecule has 2 rings (SSSR count). The van der Waals surface area contributed by atoms with Crippen molar-refractivity contribution < 1.29 is 27.6 Å². The number of hydrogen-bond acceptors (Lipinski definition) is 8. The monoisotopic (exact) mass is 322 g/mol. The standard InChI is InChI=1S/C10H14N2O8S/c1-21(17,18)20-8-7(15)5(4-13)19-9(8)12-3-2-6(14)11-10(12)16/h2-3,5,7-9,13,15H,4H2,1H3,(H,11,14,16)/t5-,7-,8-,9-/m1/s1. The minimum atomic E-state index is -3.94. The third-order valence-corrected chi connectivity index (χ3v) is 3.48. The third-order valence-electron chi connectivity index (χ3n) is 2.90. The minimum Gasteiger partial charge on any atom is -0.394 e. The highest BCUT2D eigenvalue weighted by Crippen LogP contribution is 2.31. The van der Waals surface area contributed by atoms with Gasteiger partial charge in [-0.05, 0) is 0 Å². The van der Waals surface area contributed by atoms with Crippen LogP contribution in [0.4, 0.5) is 0 Å². The molecule has 1 aliphatic heterocycles. The Balaban J connectivity index is 2.43. The molecule has 0 unspecified atom stereocenters. The highest BCUT2D eigenvalue weighted by atomic mass is 32.2. The summed E-state index contributed by atoms with van der Waals surface area (Å²) in [5.74, 6) is 0. The molecule has 0 spiro atoms. The third kappa shape index (κ3) is 3.39. The van der Waals surface area contributed by atoms with Crippen LogP contribution in [-0.4, -0.2) is 59.4 Å². The van der Waals surface area contributed by atoms with Crippen LogP contribution in [0.15, 0.2) is 21.9 Å². The van der Waals surface area contributed by atoms with Gasteiger partial charge in [0.15, 0.2) is 12.3 Å². The number of aromatic nitrogens is 2. The van der Waals surface area contributed by atoms with Crippen LogP contribution in [0.5, 0.6) is 0 Å². The number of aliphatic hydroxyl groups is 2. The number of nitrogens with zero attached hydrogens (tertiary/aromatic N) is 1. The molecule has 0 amide bonds. The van der Waals surface area contributed by atoms with Crippen molar-refractivity contribution in [1.29, 1.82) is 0 Å². The van der Waals surface area contributed by atoms with E-state index in [1.54, 1.807) is 0 Å². The lowest BCUT2D eigenvalue weighted by molar-refractivity contribution is -0.0519. The summed E-state index contributed by atoms with van der Waals surface area (Å²) in [6.45, 7) is -0.598. The number of nitrogens with one attached hydrogen (secondary N) is 1. The predicted octanol–water partition coefficient (Wildman–Crippen LogP) is -2.87. The lowest BCUT2D eigenvalue weighted by Crippen LogP contribution is -2.40. The van der Waals surface area contributed by atoms with Crippen LogP contribution >= 0.6 is 0 Å². The first-order valence-corrected chi connectivity index (χ1v) is 7.68. The van der Waals surface area contributed by atoms with Gasteiger partial charge in [-0.15, -0.1) is 0 Å². The second kappa shape index (κ2) is 5.69. The Hall–Kier alpha value is -1.53. The topological polar surface area (TPSA) is 148 Å². The minimum absolute atomic E-state index is 0.598. The lowest BCUT2D eigenvalue weighted by atomic mass is 10.1. The van der Waals surface area contributed by atoms with Crippen molar-refractivity contribution >= 4 is 10.1 Å². The predicted molar refractivity (Wildman–Crippen MR) is 68.0 cm³/mol. The van der Waals surface area contributed by atoms with E-state index in [4.69, 9.17) is 14.0 Å². The van der Waals surface area contributed by atoms with E-state index in [1.807, 2.05) is 4.98 Å². The molecular weight excluding hydrogens is 308 g/mol. The van der Waals surface area contributed by atoms with Crippen LogP contribution in [-0.2, 0) is 19.0 Å². The number of aromatic amines is 1. The van der Waals surface area contributed by atoms with Crippen LogP contribution in [0.2, 0.25) is 0 Å². The Kier molecular flexibility index (Phi) is 4.30. The van der Waals surface area contributed by atoms with Gasteiger partial charge in [-0.2, -0.15) is 8.42 Å². The van der Waals surface area contributed by atoms with E-state index in [2.05, 4.69) is 0 Å². The molecule has 1 aromatic heterocycles. The fourth-order valence-corrected chi connectivity index (χ4v) is 2.64. The zero-order valence-electron chi connectivity index (χ0n) is 10.9. The quantitative estimate of drug-likeness (QED) is 0.501. The van der Waals surface area contributed by atoms with E-state index >= 15 is 0 Å². The summed E-state index contributed by atoms with van der Waals surface area (Å²) in [6, 6.07) is 1.03. The Morgan fingerprint density at radius 2 is 2.14 bits per heavy atom. The summed E-state index contributed by atoms with van der Waals surface area (Å²) in [5.41, 5.74) is -1.51. The van der Waals surface area contributed by atoms with Crippen molar-refractivity contribution in [2.24, 2.45) is 0 Å². The maximum Gasteiger partial charge on any atom is 0.330 e. The molecule has 0 aliphatic carbocycles. The van der Waals surface area contributed by atoms with E-state index in [-0.39, 0.29) is 0 Å². The summed E-state index contributed by atoms with van der Waals surface area (Å²) in [7, 11) is -3.94. The fourth-order valence-electron chi connectivity index (χ4n) is 2.03. The van der Waals surface area contributed by atoms with Crippen LogP contribution in [0, 0.1) is 0 Å². The van der Waals surface area contributed by atoms with Gasteiger partial charge in [0.1, 0.15) is 12.2 Å². The van der Waals surface area contributed by atoms with E-state index in [1.165, 1.54) is 0 Å². The highest BCUT2D eigenvalue weighted by molar-refractivity contribution is 7.86. The summed E-state index contributed by atoms with van der Waals surface area (Å²) in [6.07, 6.45) is -3.47. The van der Waals surface area contributed by atoms with Crippen molar-refractivity contribution in [2.75, 3.05) is 12.9 Å². The van der Waals surface area contributed by atoms with Gasteiger partial charge in [0, 0.05) is 12.3 Å². The van der Waals surface area contributed by atoms with Crippen LogP contribution in [0.1, 0.15) is 6.23 Å². The van der Waals surface area contributed by atoms with Gasteiger partial charge in [-0.3, -0.25) is 18.5 Å². The molecule has 4 atom stereocenters. The molecule has 0 saturated carbocycles.